The zero-order valence-electron chi connectivity index (χ0n) is 20.3. The lowest BCUT2D eigenvalue weighted by atomic mass is 9.95. The number of piperidine rings is 1. The maximum absolute atomic E-state index is 12.5. The Labute approximate surface area is 192 Å². The molecule has 176 valence electrons. The van der Waals surface area contributed by atoms with Crippen molar-refractivity contribution in [3.63, 3.8) is 0 Å². The fourth-order valence-electron chi connectivity index (χ4n) is 4.69. The summed E-state index contributed by atoms with van der Waals surface area (Å²) in [5, 5.41) is 3.20. The van der Waals surface area contributed by atoms with Gasteiger partial charge in [0.05, 0.1) is 0 Å². The van der Waals surface area contributed by atoms with E-state index in [1.54, 1.807) is 0 Å². The Morgan fingerprint density at radius 1 is 0.806 bits per heavy atom. The van der Waals surface area contributed by atoms with Gasteiger partial charge in [-0.05, 0) is 37.9 Å². The van der Waals surface area contributed by atoms with Gasteiger partial charge in [0.15, 0.2) is 0 Å². The zero-order chi connectivity index (χ0) is 22.0. The molecule has 1 saturated heterocycles. The van der Waals surface area contributed by atoms with Crippen LogP contribution in [-0.4, -0.2) is 30.4 Å². The van der Waals surface area contributed by atoms with Crippen LogP contribution >= 0.6 is 0 Å². The third-order valence-electron chi connectivity index (χ3n) is 6.79. The van der Waals surface area contributed by atoms with Gasteiger partial charge in [-0.3, -0.25) is 9.69 Å². The first-order valence-corrected chi connectivity index (χ1v) is 13.3. The van der Waals surface area contributed by atoms with Crippen LogP contribution in [-0.2, 0) is 11.3 Å². The van der Waals surface area contributed by atoms with Crippen molar-refractivity contribution in [2.45, 2.75) is 110 Å². The van der Waals surface area contributed by atoms with Crippen molar-refractivity contribution in [2.75, 3.05) is 19.6 Å². The van der Waals surface area contributed by atoms with Crippen LogP contribution in [0.4, 0.5) is 0 Å². The molecule has 2 rings (SSSR count). The second kappa shape index (κ2) is 17.2. The lowest BCUT2D eigenvalue weighted by Gasteiger charge is -2.31. The minimum Gasteiger partial charge on any atom is -0.356 e. The summed E-state index contributed by atoms with van der Waals surface area (Å²) >= 11 is 0. The summed E-state index contributed by atoms with van der Waals surface area (Å²) in [6, 6.07) is 10.7. The summed E-state index contributed by atoms with van der Waals surface area (Å²) < 4.78 is 0. The molecule has 0 radical (unpaired) electrons. The first-order valence-electron chi connectivity index (χ1n) is 13.3. The van der Waals surface area contributed by atoms with Crippen LogP contribution in [0.2, 0.25) is 0 Å². The molecule has 1 N–H and O–H groups in total. The number of carbonyl (C=O) groups is 1. The molecule has 1 amide bonds. The minimum atomic E-state index is 0.217. The van der Waals surface area contributed by atoms with E-state index in [-0.39, 0.29) is 5.92 Å². The van der Waals surface area contributed by atoms with Crippen LogP contribution in [0.25, 0.3) is 0 Å². The van der Waals surface area contributed by atoms with Crippen molar-refractivity contribution >= 4 is 5.91 Å². The second-order valence-electron chi connectivity index (χ2n) is 9.57. The maximum Gasteiger partial charge on any atom is 0.223 e. The summed E-state index contributed by atoms with van der Waals surface area (Å²) in [7, 11) is 0. The lowest BCUT2D eigenvalue weighted by molar-refractivity contribution is -0.126. The van der Waals surface area contributed by atoms with E-state index < -0.39 is 0 Å². The molecular weight excluding hydrogens is 380 g/mol. The van der Waals surface area contributed by atoms with Gasteiger partial charge in [0.2, 0.25) is 5.91 Å². The third kappa shape index (κ3) is 12.3. The van der Waals surface area contributed by atoms with Gasteiger partial charge in [-0.2, -0.15) is 0 Å². The molecule has 0 aromatic heterocycles. The number of unbranched alkanes of at least 4 members (excludes halogenated alkanes) is 12. The van der Waals surface area contributed by atoms with Crippen LogP contribution < -0.4 is 5.32 Å². The lowest BCUT2D eigenvalue weighted by Crippen LogP contribution is -2.40. The van der Waals surface area contributed by atoms with Gasteiger partial charge in [-0.15, -0.1) is 0 Å². The highest BCUT2D eigenvalue weighted by Crippen LogP contribution is 2.19. The minimum absolute atomic E-state index is 0.217. The fraction of sp³-hybridized carbons (Fsp3) is 0.750. The smallest absolute Gasteiger partial charge is 0.223 e. The number of hydrogen-bond acceptors (Lipinski definition) is 2. The first-order chi connectivity index (χ1) is 15.3. The van der Waals surface area contributed by atoms with Crippen molar-refractivity contribution in [3.8, 4) is 0 Å². The van der Waals surface area contributed by atoms with E-state index in [2.05, 4.69) is 47.5 Å². The molecule has 1 aromatic rings. The maximum atomic E-state index is 12.5. The number of benzene rings is 1. The monoisotopic (exact) mass is 428 g/mol. The van der Waals surface area contributed by atoms with Crippen molar-refractivity contribution in [3.05, 3.63) is 35.9 Å². The highest BCUT2D eigenvalue weighted by atomic mass is 16.1. The Morgan fingerprint density at radius 3 is 1.87 bits per heavy atom. The quantitative estimate of drug-likeness (QED) is 0.268. The third-order valence-corrected chi connectivity index (χ3v) is 6.79. The number of hydrogen-bond donors (Lipinski definition) is 1. The van der Waals surface area contributed by atoms with Crippen molar-refractivity contribution < 1.29 is 4.79 Å². The highest BCUT2D eigenvalue weighted by molar-refractivity contribution is 5.78. The standard InChI is InChI=1S/C28H48N2O/c1-2-3-4-5-6-7-8-9-10-11-12-13-17-22-29-28(31)27-20-23-30(24-21-27)25-26-18-15-14-16-19-26/h14-16,18-19,27H,2-13,17,20-25H2,1H3,(H,29,31). The van der Waals surface area contributed by atoms with E-state index in [9.17, 15) is 4.79 Å². The Morgan fingerprint density at radius 2 is 1.32 bits per heavy atom. The molecule has 0 atom stereocenters. The zero-order valence-corrected chi connectivity index (χ0v) is 20.3. The number of rotatable bonds is 17. The predicted molar refractivity (Wildman–Crippen MR) is 133 cm³/mol. The van der Waals surface area contributed by atoms with Crippen molar-refractivity contribution in [2.24, 2.45) is 5.92 Å². The van der Waals surface area contributed by atoms with E-state index in [4.69, 9.17) is 0 Å². The molecule has 0 saturated carbocycles. The van der Waals surface area contributed by atoms with E-state index in [0.29, 0.717) is 5.91 Å². The van der Waals surface area contributed by atoms with Crippen LogP contribution in [0.3, 0.4) is 0 Å². The van der Waals surface area contributed by atoms with Crippen molar-refractivity contribution in [1.82, 2.24) is 10.2 Å². The van der Waals surface area contributed by atoms with Crippen LogP contribution in [0.15, 0.2) is 30.3 Å². The van der Waals surface area contributed by atoms with Crippen LogP contribution in [0.1, 0.15) is 109 Å². The van der Waals surface area contributed by atoms with E-state index in [0.717, 1.165) is 45.4 Å². The number of nitrogens with one attached hydrogen (secondary N) is 1. The van der Waals surface area contributed by atoms with Gasteiger partial charge in [0.25, 0.3) is 0 Å². The molecule has 0 unspecified atom stereocenters. The molecule has 3 nitrogen and oxygen atoms in total. The second-order valence-corrected chi connectivity index (χ2v) is 9.57. The number of amides is 1. The summed E-state index contributed by atoms with van der Waals surface area (Å²) in [6.07, 6.45) is 19.8. The number of nitrogens with zero attached hydrogens (tertiary/aromatic N) is 1. The molecule has 3 heteroatoms. The predicted octanol–water partition coefficient (Wildman–Crippen LogP) is 7.11. The molecule has 0 spiro atoms. The molecule has 0 bridgehead atoms. The topological polar surface area (TPSA) is 32.3 Å². The van der Waals surface area contributed by atoms with E-state index in [1.807, 2.05) is 0 Å². The van der Waals surface area contributed by atoms with Gasteiger partial charge in [0, 0.05) is 19.0 Å². The summed E-state index contributed by atoms with van der Waals surface area (Å²) in [5.74, 6) is 0.507. The Hall–Kier alpha value is -1.35. The van der Waals surface area contributed by atoms with Gasteiger partial charge in [-0.25, -0.2) is 0 Å². The molecule has 1 aliphatic heterocycles. The van der Waals surface area contributed by atoms with Crippen LogP contribution in [0, 0.1) is 5.92 Å². The Balaban J connectivity index is 1.37. The van der Waals surface area contributed by atoms with E-state index >= 15 is 0 Å². The average Bonchev–Trinajstić information content (AvgIpc) is 2.80. The Kier molecular flexibility index (Phi) is 14.4. The summed E-state index contributed by atoms with van der Waals surface area (Å²) in [4.78, 5) is 14.9. The number of likely N-dealkylation sites (tertiary alicyclic amines) is 1. The first kappa shape index (κ1) is 25.9. The van der Waals surface area contributed by atoms with Gasteiger partial charge < -0.3 is 5.32 Å². The summed E-state index contributed by atoms with van der Waals surface area (Å²) in [6.45, 7) is 6.22. The van der Waals surface area contributed by atoms with Gasteiger partial charge in [-0.1, -0.05) is 114 Å². The molecule has 1 fully saturated rings. The van der Waals surface area contributed by atoms with E-state index in [1.165, 1.54) is 82.6 Å². The van der Waals surface area contributed by atoms with Gasteiger partial charge >= 0.3 is 0 Å². The Bertz CT molecular complexity index is 551. The molecule has 31 heavy (non-hydrogen) atoms. The molecule has 1 aromatic carbocycles. The molecule has 1 heterocycles. The highest BCUT2D eigenvalue weighted by Gasteiger charge is 2.24. The van der Waals surface area contributed by atoms with Gasteiger partial charge in [0.1, 0.15) is 0 Å². The number of carbonyl (C=O) groups excluding carboxylic acids is 1. The fourth-order valence-corrected chi connectivity index (χ4v) is 4.69. The SMILES string of the molecule is CCCCCCCCCCCCCCCNC(=O)C1CCN(Cc2ccccc2)CC1. The average molecular weight is 429 g/mol. The van der Waals surface area contributed by atoms with Crippen LogP contribution in [0.5, 0.6) is 0 Å². The molecule has 0 aliphatic carbocycles. The molecule has 1 aliphatic rings. The largest absolute Gasteiger partial charge is 0.356 e. The normalized spacial score (nSPS) is 15.3. The summed E-state index contributed by atoms with van der Waals surface area (Å²) in [5.41, 5.74) is 1.37. The van der Waals surface area contributed by atoms with Crippen molar-refractivity contribution in [1.29, 1.82) is 0 Å². The molecular formula is C28H48N2O.